The van der Waals surface area contributed by atoms with Crippen LogP contribution in [0.4, 0.5) is 5.69 Å². The van der Waals surface area contributed by atoms with Crippen molar-refractivity contribution in [1.82, 2.24) is 4.90 Å². The molecule has 0 unspecified atom stereocenters. The van der Waals surface area contributed by atoms with Gasteiger partial charge in [-0.15, -0.1) is 0 Å². The third kappa shape index (κ3) is 4.00. The van der Waals surface area contributed by atoms with Crippen LogP contribution in [0.25, 0.3) is 0 Å². The highest BCUT2D eigenvalue weighted by Crippen LogP contribution is 2.30. The number of anilines is 1. The molecular weight excluding hydrogens is 320 g/mol. The molecule has 3 rings (SSSR count). The van der Waals surface area contributed by atoms with Gasteiger partial charge in [-0.05, 0) is 44.0 Å². The van der Waals surface area contributed by atoms with E-state index in [-0.39, 0.29) is 30.1 Å². The lowest BCUT2D eigenvalue weighted by Gasteiger charge is -2.23. The normalized spacial score (nSPS) is 20.8. The topological polar surface area (TPSA) is 75.7 Å². The molecule has 1 N–H and O–H groups in total. The number of benzene rings is 1. The largest absolute Gasteiger partial charge is 0.462 e. The van der Waals surface area contributed by atoms with Crippen molar-refractivity contribution in [1.29, 1.82) is 0 Å². The molecule has 0 spiro atoms. The molecule has 1 saturated heterocycles. The molecule has 0 bridgehead atoms. The molecule has 1 aliphatic heterocycles. The van der Waals surface area contributed by atoms with Crippen molar-refractivity contribution >= 4 is 23.5 Å². The van der Waals surface area contributed by atoms with Crippen LogP contribution < -0.4 is 5.32 Å². The minimum Gasteiger partial charge on any atom is -0.462 e. The first-order chi connectivity index (χ1) is 12.1. The lowest BCUT2D eigenvalue weighted by Crippen LogP contribution is -2.35. The fourth-order valence-electron chi connectivity index (χ4n) is 3.62. The smallest absolute Gasteiger partial charge is 0.338 e. The zero-order chi connectivity index (χ0) is 17.8. The first-order valence-electron chi connectivity index (χ1n) is 8.96. The van der Waals surface area contributed by atoms with Gasteiger partial charge in [0.05, 0.1) is 18.1 Å². The van der Waals surface area contributed by atoms with E-state index < -0.39 is 0 Å². The summed E-state index contributed by atoms with van der Waals surface area (Å²) in [6.07, 6.45) is 4.71. The van der Waals surface area contributed by atoms with E-state index >= 15 is 0 Å². The number of carbonyl (C=O) groups excluding carboxylic acids is 3. The van der Waals surface area contributed by atoms with E-state index in [2.05, 4.69) is 5.32 Å². The molecule has 134 valence electrons. The molecule has 2 amide bonds. The first-order valence-corrected chi connectivity index (χ1v) is 8.96. The summed E-state index contributed by atoms with van der Waals surface area (Å²) in [5.41, 5.74) is 1.06. The number of likely N-dealkylation sites (tertiary alicyclic amines) is 1. The summed E-state index contributed by atoms with van der Waals surface area (Å²) in [7, 11) is 0. The minimum absolute atomic E-state index is 0.0877. The molecule has 1 atom stereocenters. The van der Waals surface area contributed by atoms with Crippen molar-refractivity contribution in [2.45, 2.75) is 45.1 Å². The molecule has 1 aromatic rings. The van der Waals surface area contributed by atoms with E-state index in [0.717, 1.165) is 25.7 Å². The lowest BCUT2D eigenvalue weighted by atomic mass is 10.1. The molecule has 6 heteroatoms. The van der Waals surface area contributed by atoms with Gasteiger partial charge in [-0.3, -0.25) is 9.59 Å². The van der Waals surface area contributed by atoms with Gasteiger partial charge in [0.2, 0.25) is 11.8 Å². The summed E-state index contributed by atoms with van der Waals surface area (Å²) in [4.78, 5) is 38.2. The number of carbonyl (C=O) groups is 3. The average Bonchev–Trinajstić information content (AvgIpc) is 3.25. The fourth-order valence-corrected chi connectivity index (χ4v) is 3.62. The second-order valence-electron chi connectivity index (χ2n) is 6.67. The van der Waals surface area contributed by atoms with Crippen LogP contribution in [0.5, 0.6) is 0 Å². The van der Waals surface area contributed by atoms with Gasteiger partial charge in [-0.2, -0.15) is 0 Å². The van der Waals surface area contributed by atoms with E-state index in [1.807, 2.05) is 4.90 Å². The predicted octanol–water partition coefficient (Wildman–Crippen LogP) is 2.59. The van der Waals surface area contributed by atoms with Crippen LogP contribution in [0.3, 0.4) is 0 Å². The Hall–Kier alpha value is -2.37. The van der Waals surface area contributed by atoms with E-state index in [9.17, 15) is 14.4 Å². The van der Waals surface area contributed by atoms with Gasteiger partial charge in [0.1, 0.15) is 0 Å². The Balaban J connectivity index is 1.57. The number of hydrogen-bond donors (Lipinski definition) is 1. The Morgan fingerprint density at radius 2 is 1.88 bits per heavy atom. The summed E-state index contributed by atoms with van der Waals surface area (Å²) in [5.74, 6) is -0.741. The Labute approximate surface area is 147 Å². The second-order valence-corrected chi connectivity index (χ2v) is 6.67. The maximum atomic E-state index is 12.5. The Morgan fingerprint density at radius 1 is 1.20 bits per heavy atom. The standard InChI is InChI=1S/C19H24N2O4/c1-2-25-19(24)13-7-9-15(10-8-13)20-18(23)14-11-17(22)21(12-14)16-5-3-4-6-16/h7-10,14,16H,2-6,11-12H2,1H3,(H,20,23)/t14-/m1/s1. The summed E-state index contributed by atoms with van der Waals surface area (Å²) >= 11 is 0. The van der Waals surface area contributed by atoms with Crippen LogP contribution in [0.2, 0.25) is 0 Å². The summed E-state index contributed by atoms with van der Waals surface area (Å²) in [6.45, 7) is 2.59. The van der Waals surface area contributed by atoms with Crippen molar-refractivity contribution in [2.24, 2.45) is 5.92 Å². The quantitative estimate of drug-likeness (QED) is 0.833. The van der Waals surface area contributed by atoms with Crippen molar-refractivity contribution in [3.8, 4) is 0 Å². The highest BCUT2D eigenvalue weighted by atomic mass is 16.5. The number of rotatable bonds is 5. The molecule has 2 fully saturated rings. The third-order valence-corrected chi connectivity index (χ3v) is 4.96. The van der Waals surface area contributed by atoms with Crippen LogP contribution in [-0.2, 0) is 14.3 Å². The Morgan fingerprint density at radius 3 is 2.52 bits per heavy atom. The number of hydrogen-bond acceptors (Lipinski definition) is 4. The maximum absolute atomic E-state index is 12.5. The molecule has 1 aromatic carbocycles. The number of amides is 2. The molecule has 6 nitrogen and oxygen atoms in total. The van der Waals surface area contributed by atoms with Gasteiger partial charge in [0.15, 0.2) is 0 Å². The molecule has 0 aromatic heterocycles. The van der Waals surface area contributed by atoms with E-state index in [1.165, 1.54) is 0 Å². The van der Waals surface area contributed by atoms with Crippen LogP contribution in [-0.4, -0.2) is 41.9 Å². The maximum Gasteiger partial charge on any atom is 0.338 e. The summed E-state index contributed by atoms with van der Waals surface area (Å²) in [6, 6.07) is 6.91. The Kier molecular flexibility index (Phi) is 5.36. The average molecular weight is 344 g/mol. The van der Waals surface area contributed by atoms with E-state index in [4.69, 9.17) is 4.74 Å². The van der Waals surface area contributed by atoms with E-state index in [1.54, 1.807) is 31.2 Å². The van der Waals surface area contributed by atoms with Gasteiger partial charge in [0.25, 0.3) is 0 Å². The predicted molar refractivity (Wildman–Crippen MR) is 93.1 cm³/mol. The van der Waals surface area contributed by atoms with Crippen molar-refractivity contribution in [3.63, 3.8) is 0 Å². The van der Waals surface area contributed by atoms with Crippen LogP contribution in [0.1, 0.15) is 49.4 Å². The number of nitrogens with one attached hydrogen (secondary N) is 1. The third-order valence-electron chi connectivity index (χ3n) is 4.96. The highest BCUT2D eigenvalue weighted by Gasteiger charge is 2.38. The van der Waals surface area contributed by atoms with Gasteiger partial charge in [0, 0.05) is 24.7 Å². The van der Waals surface area contributed by atoms with Crippen LogP contribution in [0.15, 0.2) is 24.3 Å². The van der Waals surface area contributed by atoms with Crippen molar-refractivity contribution in [3.05, 3.63) is 29.8 Å². The van der Waals surface area contributed by atoms with Crippen molar-refractivity contribution < 1.29 is 19.1 Å². The monoisotopic (exact) mass is 344 g/mol. The van der Waals surface area contributed by atoms with Crippen LogP contribution >= 0.6 is 0 Å². The molecule has 1 heterocycles. The summed E-state index contributed by atoms with van der Waals surface area (Å²) in [5, 5.41) is 2.84. The van der Waals surface area contributed by atoms with Crippen LogP contribution in [0, 0.1) is 5.92 Å². The minimum atomic E-state index is -0.381. The molecule has 0 radical (unpaired) electrons. The zero-order valence-corrected chi connectivity index (χ0v) is 14.5. The SMILES string of the molecule is CCOC(=O)c1ccc(NC(=O)[C@@H]2CC(=O)N(C3CCCC3)C2)cc1. The number of ether oxygens (including phenoxy) is 1. The van der Waals surface area contributed by atoms with Crippen molar-refractivity contribution in [2.75, 3.05) is 18.5 Å². The highest BCUT2D eigenvalue weighted by molar-refractivity contribution is 5.97. The molecule has 1 saturated carbocycles. The molecule has 1 aliphatic carbocycles. The Bertz CT molecular complexity index is 650. The van der Waals surface area contributed by atoms with Gasteiger partial charge < -0.3 is 15.0 Å². The molecule has 25 heavy (non-hydrogen) atoms. The number of esters is 1. The molecule has 2 aliphatic rings. The first kappa shape index (κ1) is 17.5. The fraction of sp³-hybridized carbons (Fsp3) is 0.526. The molecular formula is C19H24N2O4. The lowest BCUT2D eigenvalue weighted by molar-refractivity contribution is -0.129. The van der Waals surface area contributed by atoms with Gasteiger partial charge in [-0.1, -0.05) is 12.8 Å². The number of nitrogens with zero attached hydrogens (tertiary/aromatic N) is 1. The second kappa shape index (κ2) is 7.68. The summed E-state index contributed by atoms with van der Waals surface area (Å²) < 4.78 is 4.93. The van der Waals surface area contributed by atoms with Gasteiger partial charge >= 0.3 is 5.97 Å². The zero-order valence-electron chi connectivity index (χ0n) is 14.5. The van der Waals surface area contributed by atoms with Gasteiger partial charge in [-0.25, -0.2) is 4.79 Å². The van der Waals surface area contributed by atoms with E-state index in [0.29, 0.717) is 30.4 Å².